The normalized spacial score (nSPS) is 17.2. The fraction of sp³-hybridized carbons (Fsp3) is 0.529. The first kappa shape index (κ1) is 22.0. The summed E-state index contributed by atoms with van der Waals surface area (Å²) in [7, 11) is -3.64. The molecule has 0 atom stereocenters. The molecule has 1 aliphatic heterocycles. The first-order chi connectivity index (χ1) is 13.2. The predicted octanol–water partition coefficient (Wildman–Crippen LogP) is 1.78. The maximum Gasteiger partial charge on any atom is 0.511 e. The zero-order valence-corrected chi connectivity index (χ0v) is 16.1. The SMILES string of the molecule is CN=C(NCc1ccc(C#N)cc1)NCC1CCN(S(=O)(=O)C(F)(F)F)CC1. The molecule has 11 heteroatoms. The fourth-order valence-corrected chi connectivity index (χ4v) is 3.83. The highest BCUT2D eigenvalue weighted by atomic mass is 32.2. The molecule has 1 fully saturated rings. The molecule has 0 saturated carbocycles. The molecule has 0 unspecified atom stereocenters. The van der Waals surface area contributed by atoms with Crippen LogP contribution in [-0.4, -0.2) is 50.9 Å². The van der Waals surface area contributed by atoms with Gasteiger partial charge in [-0.1, -0.05) is 12.1 Å². The highest BCUT2D eigenvalue weighted by Gasteiger charge is 2.50. The van der Waals surface area contributed by atoms with E-state index in [2.05, 4.69) is 15.6 Å². The van der Waals surface area contributed by atoms with E-state index < -0.39 is 15.5 Å². The largest absolute Gasteiger partial charge is 0.511 e. The summed E-state index contributed by atoms with van der Waals surface area (Å²) < 4.78 is 61.2. The smallest absolute Gasteiger partial charge is 0.356 e. The Morgan fingerprint density at radius 3 is 2.36 bits per heavy atom. The first-order valence-electron chi connectivity index (χ1n) is 8.67. The molecule has 2 rings (SSSR count). The lowest BCUT2D eigenvalue weighted by Gasteiger charge is -2.31. The van der Waals surface area contributed by atoms with E-state index in [9.17, 15) is 21.6 Å². The van der Waals surface area contributed by atoms with Gasteiger partial charge in [-0.3, -0.25) is 4.99 Å². The maximum absolute atomic E-state index is 12.6. The molecule has 1 aromatic rings. The van der Waals surface area contributed by atoms with Gasteiger partial charge < -0.3 is 10.6 Å². The van der Waals surface area contributed by atoms with E-state index in [-0.39, 0.29) is 19.0 Å². The Morgan fingerprint density at radius 1 is 1.25 bits per heavy atom. The number of benzene rings is 1. The van der Waals surface area contributed by atoms with Crippen LogP contribution in [-0.2, 0) is 16.6 Å². The Bertz CT molecular complexity index is 824. The average molecular weight is 417 g/mol. The van der Waals surface area contributed by atoms with Crippen LogP contribution < -0.4 is 10.6 Å². The van der Waals surface area contributed by atoms with Crippen LogP contribution in [0.4, 0.5) is 13.2 Å². The van der Waals surface area contributed by atoms with Crippen LogP contribution in [0.2, 0.25) is 0 Å². The molecule has 0 amide bonds. The van der Waals surface area contributed by atoms with Crippen molar-refractivity contribution in [3.05, 3.63) is 35.4 Å². The number of piperidine rings is 1. The van der Waals surface area contributed by atoms with Crippen LogP contribution in [0.1, 0.15) is 24.0 Å². The number of aliphatic imine (C=N–C) groups is 1. The summed E-state index contributed by atoms with van der Waals surface area (Å²) in [5.41, 5.74) is -3.71. The number of alkyl halides is 3. The van der Waals surface area contributed by atoms with Crippen molar-refractivity contribution in [2.24, 2.45) is 10.9 Å². The van der Waals surface area contributed by atoms with Gasteiger partial charge in [-0.05, 0) is 36.5 Å². The van der Waals surface area contributed by atoms with E-state index in [1.165, 1.54) is 0 Å². The van der Waals surface area contributed by atoms with Crippen molar-refractivity contribution < 1.29 is 21.6 Å². The minimum absolute atomic E-state index is 0.0492. The van der Waals surface area contributed by atoms with Gasteiger partial charge in [0.25, 0.3) is 0 Å². The van der Waals surface area contributed by atoms with Crippen LogP contribution in [0.3, 0.4) is 0 Å². The zero-order valence-electron chi connectivity index (χ0n) is 15.3. The summed E-state index contributed by atoms with van der Waals surface area (Å²) in [5.74, 6) is 0.586. The van der Waals surface area contributed by atoms with Gasteiger partial charge in [0.15, 0.2) is 5.96 Å². The Morgan fingerprint density at radius 2 is 1.86 bits per heavy atom. The fourth-order valence-electron chi connectivity index (χ4n) is 2.84. The minimum atomic E-state index is -5.25. The molecule has 2 N–H and O–H groups in total. The van der Waals surface area contributed by atoms with Crippen LogP contribution in [0, 0.1) is 17.2 Å². The van der Waals surface area contributed by atoms with Crippen LogP contribution >= 0.6 is 0 Å². The molecule has 1 saturated heterocycles. The van der Waals surface area contributed by atoms with Gasteiger partial charge in [0.05, 0.1) is 11.6 Å². The van der Waals surface area contributed by atoms with Crippen molar-refractivity contribution in [3.63, 3.8) is 0 Å². The van der Waals surface area contributed by atoms with Crippen molar-refractivity contribution >= 4 is 16.0 Å². The monoisotopic (exact) mass is 417 g/mol. The average Bonchev–Trinajstić information content (AvgIpc) is 2.68. The molecule has 1 heterocycles. The molecule has 0 aliphatic carbocycles. The highest BCUT2D eigenvalue weighted by Crippen LogP contribution is 2.30. The zero-order chi connectivity index (χ0) is 20.8. The topological polar surface area (TPSA) is 97.6 Å². The van der Waals surface area contributed by atoms with E-state index in [0.717, 1.165) is 5.56 Å². The standard InChI is InChI=1S/C17H22F3N5O2S/c1-22-16(23-11-14-4-2-13(10-21)3-5-14)24-12-15-6-8-25(9-7-15)28(26,27)17(18,19)20/h2-5,15H,6-9,11-12H2,1H3,(H2,22,23,24). The first-order valence-corrected chi connectivity index (χ1v) is 10.1. The lowest BCUT2D eigenvalue weighted by atomic mass is 9.98. The highest BCUT2D eigenvalue weighted by molar-refractivity contribution is 7.90. The number of hydrogen-bond acceptors (Lipinski definition) is 4. The number of rotatable bonds is 5. The summed E-state index contributed by atoms with van der Waals surface area (Å²) in [6, 6.07) is 9.14. The van der Waals surface area contributed by atoms with Gasteiger partial charge in [0.2, 0.25) is 0 Å². The van der Waals surface area contributed by atoms with Gasteiger partial charge in [-0.25, -0.2) is 8.42 Å². The Balaban J connectivity index is 1.78. The van der Waals surface area contributed by atoms with Crippen LogP contribution in [0.15, 0.2) is 29.3 Å². The molecule has 0 bridgehead atoms. The van der Waals surface area contributed by atoms with Crippen LogP contribution in [0.5, 0.6) is 0 Å². The number of guanidine groups is 1. The number of nitriles is 1. The van der Waals surface area contributed by atoms with Crippen LogP contribution in [0.25, 0.3) is 0 Å². The van der Waals surface area contributed by atoms with E-state index in [1.54, 1.807) is 19.2 Å². The number of sulfonamides is 1. The molecule has 0 spiro atoms. The quantitative estimate of drug-likeness (QED) is 0.562. The lowest BCUT2D eigenvalue weighted by molar-refractivity contribution is -0.0496. The molecule has 7 nitrogen and oxygen atoms in total. The predicted molar refractivity (Wildman–Crippen MR) is 98.6 cm³/mol. The van der Waals surface area contributed by atoms with Gasteiger partial charge in [-0.15, -0.1) is 0 Å². The summed E-state index contributed by atoms with van der Waals surface area (Å²) in [6.45, 7) is 0.678. The van der Waals surface area contributed by atoms with E-state index >= 15 is 0 Å². The van der Waals surface area contributed by atoms with Crippen molar-refractivity contribution in [3.8, 4) is 6.07 Å². The summed E-state index contributed by atoms with van der Waals surface area (Å²) in [4.78, 5) is 4.09. The van der Waals surface area contributed by atoms with Crippen molar-refractivity contribution in [1.82, 2.24) is 14.9 Å². The third kappa shape index (κ3) is 5.59. The number of nitrogens with one attached hydrogen (secondary N) is 2. The lowest BCUT2D eigenvalue weighted by Crippen LogP contribution is -2.47. The summed E-state index contributed by atoms with van der Waals surface area (Å²) in [6.07, 6.45) is 0.684. The van der Waals surface area contributed by atoms with Crippen molar-refractivity contribution in [2.75, 3.05) is 26.7 Å². The van der Waals surface area contributed by atoms with E-state index in [4.69, 9.17) is 5.26 Å². The summed E-state index contributed by atoms with van der Waals surface area (Å²) >= 11 is 0. The minimum Gasteiger partial charge on any atom is -0.356 e. The second kappa shape index (κ2) is 9.25. The molecule has 1 aromatic carbocycles. The van der Waals surface area contributed by atoms with Crippen molar-refractivity contribution in [1.29, 1.82) is 5.26 Å². The Hall–Kier alpha value is -2.32. The Labute approximate surface area is 162 Å². The second-order valence-electron chi connectivity index (χ2n) is 6.41. The van der Waals surface area contributed by atoms with Gasteiger partial charge in [-0.2, -0.15) is 22.7 Å². The number of nitrogens with zero attached hydrogens (tertiary/aromatic N) is 3. The molecule has 154 valence electrons. The molecule has 28 heavy (non-hydrogen) atoms. The van der Waals surface area contributed by atoms with Gasteiger partial charge >= 0.3 is 15.5 Å². The molecule has 0 aromatic heterocycles. The molecular formula is C17H22F3N5O2S. The second-order valence-corrected chi connectivity index (χ2v) is 8.34. The molecule has 1 aliphatic rings. The number of hydrogen-bond donors (Lipinski definition) is 2. The van der Waals surface area contributed by atoms with Gasteiger partial charge in [0.1, 0.15) is 0 Å². The summed E-state index contributed by atoms with van der Waals surface area (Å²) in [5, 5.41) is 15.0. The van der Waals surface area contributed by atoms with E-state index in [0.29, 0.717) is 41.8 Å². The van der Waals surface area contributed by atoms with E-state index in [1.807, 2.05) is 18.2 Å². The molecule has 0 radical (unpaired) electrons. The molecular weight excluding hydrogens is 395 g/mol. The Kier molecular flexibility index (Phi) is 7.26. The third-order valence-electron chi connectivity index (χ3n) is 4.53. The number of halogens is 3. The van der Waals surface area contributed by atoms with Gasteiger partial charge in [0, 0.05) is 33.2 Å². The maximum atomic E-state index is 12.6. The van der Waals surface area contributed by atoms with Crippen molar-refractivity contribution in [2.45, 2.75) is 24.9 Å². The third-order valence-corrected chi connectivity index (χ3v) is 6.16.